The van der Waals surface area contributed by atoms with Crippen LogP contribution >= 0.6 is 11.8 Å². The average Bonchev–Trinajstić information content (AvgIpc) is 2.64. The van der Waals surface area contributed by atoms with E-state index in [-0.39, 0.29) is 22.9 Å². The quantitative estimate of drug-likeness (QED) is 0.803. The van der Waals surface area contributed by atoms with Crippen molar-refractivity contribution in [1.29, 1.82) is 0 Å². The first-order valence-corrected chi connectivity index (χ1v) is 7.45. The molecular weight excluding hydrogens is 266 g/mol. The fourth-order valence-electron chi connectivity index (χ4n) is 2.26. The van der Waals surface area contributed by atoms with Crippen LogP contribution in [0.3, 0.4) is 0 Å². The van der Waals surface area contributed by atoms with Crippen LogP contribution in [0.1, 0.15) is 33.6 Å². The molecule has 1 rings (SSSR count). The molecule has 0 radical (unpaired) electrons. The lowest BCUT2D eigenvalue weighted by molar-refractivity contribution is -0.149. The number of carboxylic acid groups (broad SMARTS) is 1. The maximum atomic E-state index is 11.9. The zero-order chi connectivity index (χ0) is 14.6. The summed E-state index contributed by atoms with van der Waals surface area (Å²) in [5.41, 5.74) is 0. The molecule has 1 heterocycles. The maximum absolute atomic E-state index is 11.9. The Bertz CT molecular complexity index is 370. The van der Waals surface area contributed by atoms with Gasteiger partial charge in [-0.3, -0.25) is 9.59 Å². The van der Waals surface area contributed by atoms with Gasteiger partial charge < -0.3 is 10.0 Å². The van der Waals surface area contributed by atoms with Crippen LogP contribution in [0.2, 0.25) is 0 Å². The Morgan fingerprint density at radius 3 is 2.58 bits per heavy atom. The first-order valence-electron chi connectivity index (χ1n) is 6.46. The van der Waals surface area contributed by atoms with Crippen molar-refractivity contribution in [1.82, 2.24) is 4.90 Å². The first-order chi connectivity index (χ1) is 8.81. The van der Waals surface area contributed by atoms with Gasteiger partial charge in [0, 0.05) is 25.6 Å². The Labute approximate surface area is 117 Å². The van der Waals surface area contributed by atoms with Crippen LogP contribution in [0, 0.1) is 11.8 Å². The fourth-order valence-corrected chi connectivity index (χ4v) is 2.96. The summed E-state index contributed by atoms with van der Waals surface area (Å²) in [5, 5.41) is 9.28. The zero-order valence-corrected chi connectivity index (χ0v) is 12.4. The standard InChI is InChI=1S/C13H21NO4S/c1-8(2)4-11(13(17)18)14-6-10(5-12(14)16)7-19-9(3)15/h8,10-11H,4-7H2,1-3H3,(H,17,18)/t10?,11-/m0/s1. The average molecular weight is 287 g/mol. The summed E-state index contributed by atoms with van der Waals surface area (Å²) in [6.45, 7) is 5.83. The number of hydrogen-bond donors (Lipinski definition) is 1. The van der Waals surface area contributed by atoms with Crippen LogP contribution in [0.4, 0.5) is 0 Å². The minimum absolute atomic E-state index is 0.0304. The predicted octanol–water partition coefficient (Wildman–Crippen LogP) is 1.61. The topological polar surface area (TPSA) is 74.7 Å². The molecule has 1 unspecified atom stereocenters. The molecule has 0 bridgehead atoms. The number of likely N-dealkylation sites (tertiary alicyclic amines) is 1. The lowest BCUT2D eigenvalue weighted by Crippen LogP contribution is -2.43. The van der Waals surface area contributed by atoms with Crippen LogP contribution in [0.25, 0.3) is 0 Å². The third-order valence-electron chi connectivity index (χ3n) is 3.12. The molecule has 0 aromatic rings. The van der Waals surface area contributed by atoms with Gasteiger partial charge in [0.2, 0.25) is 5.91 Å². The van der Waals surface area contributed by atoms with Crippen molar-refractivity contribution in [2.75, 3.05) is 12.3 Å². The largest absolute Gasteiger partial charge is 0.480 e. The Balaban J connectivity index is 2.64. The highest BCUT2D eigenvalue weighted by molar-refractivity contribution is 8.13. The molecule has 6 heteroatoms. The zero-order valence-electron chi connectivity index (χ0n) is 11.6. The summed E-state index contributed by atoms with van der Waals surface area (Å²) in [4.78, 5) is 35.6. The van der Waals surface area contributed by atoms with Gasteiger partial charge in [0.15, 0.2) is 5.12 Å². The minimum Gasteiger partial charge on any atom is -0.480 e. The molecule has 5 nitrogen and oxygen atoms in total. The molecule has 1 amide bonds. The van der Waals surface area contributed by atoms with Gasteiger partial charge in [0.1, 0.15) is 6.04 Å². The van der Waals surface area contributed by atoms with Crippen molar-refractivity contribution in [3.05, 3.63) is 0 Å². The molecule has 1 aliphatic rings. The maximum Gasteiger partial charge on any atom is 0.326 e. The van der Waals surface area contributed by atoms with Crippen LogP contribution in [0.15, 0.2) is 0 Å². The van der Waals surface area contributed by atoms with Crippen molar-refractivity contribution in [2.24, 2.45) is 11.8 Å². The number of amides is 1. The predicted molar refractivity (Wildman–Crippen MR) is 73.8 cm³/mol. The Morgan fingerprint density at radius 1 is 1.47 bits per heavy atom. The van der Waals surface area contributed by atoms with Gasteiger partial charge >= 0.3 is 5.97 Å². The molecule has 19 heavy (non-hydrogen) atoms. The number of aliphatic carboxylic acids is 1. The van der Waals surface area contributed by atoms with Gasteiger partial charge in [-0.05, 0) is 18.3 Å². The minimum atomic E-state index is -0.943. The van der Waals surface area contributed by atoms with Crippen LogP contribution in [-0.2, 0) is 14.4 Å². The molecule has 0 saturated carbocycles. The van der Waals surface area contributed by atoms with Crippen molar-refractivity contribution in [3.8, 4) is 0 Å². The third-order valence-corrected chi connectivity index (χ3v) is 4.16. The van der Waals surface area contributed by atoms with Crippen molar-refractivity contribution in [3.63, 3.8) is 0 Å². The molecule has 2 atom stereocenters. The first kappa shape index (κ1) is 16.0. The summed E-state index contributed by atoms with van der Waals surface area (Å²) < 4.78 is 0. The second-order valence-electron chi connectivity index (χ2n) is 5.40. The molecule has 0 spiro atoms. The van der Waals surface area contributed by atoms with E-state index >= 15 is 0 Å². The Kier molecular flexibility index (Phi) is 5.85. The number of nitrogens with zero attached hydrogens (tertiary/aromatic N) is 1. The number of carbonyl (C=O) groups excluding carboxylic acids is 2. The lowest BCUT2D eigenvalue weighted by Gasteiger charge is -2.26. The van der Waals surface area contributed by atoms with Crippen LogP contribution in [0.5, 0.6) is 0 Å². The summed E-state index contributed by atoms with van der Waals surface area (Å²) >= 11 is 1.20. The number of rotatable bonds is 6. The monoisotopic (exact) mass is 287 g/mol. The van der Waals surface area contributed by atoms with E-state index in [1.807, 2.05) is 13.8 Å². The third kappa shape index (κ3) is 4.86. The normalized spacial score (nSPS) is 20.9. The summed E-state index contributed by atoms with van der Waals surface area (Å²) in [7, 11) is 0. The van der Waals surface area contributed by atoms with Crippen molar-refractivity contribution < 1.29 is 19.5 Å². The molecule has 0 aromatic heterocycles. The molecule has 0 aromatic carbocycles. The molecule has 0 aliphatic carbocycles. The summed E-state index contributed by atoms with van der Waals surface area (Å²) in [5.74, 6) is -0.162. The number of thioether (sulfide) groups is 1. The molecule has 1 N–H and O–H groups in total. The van der Waals surface area contributed by atoms with E-state index in [2.05, 4.69) is 0 Å². The smallest absolute Gasteiger partial charge is 0.326 e. The van der Waals surface area contributed by atoms with E-state index in [0.29, 0.717) is 25.1 Å². The lowest BCUT2D eigenvalue weighted by atomic mass is 10.0. The number of hydrogen-bond acceptors (Lipinski definition) is 4. The van der Waals surface area contributed by atoms with Gasteiger partial charge in [-0.2, -0.15) is 0 Å². The van der Waals surface area contributed by atoms with Gasteiger partial charge in [-0.25, -0.2) is 4.79 Å². The Hall–Kier alpha value is -1.04. The van der Waals surface area contributed by atoms with Gasteiger partial charge in [0.25, 0.3) is 0 Å². The molecular formula is C13H21NO4S. The molecule has 1 saturated heterocycles. The van der Waals surface area contributed by atoms with E-state index in [1.54, 1.807) is 0 Å². The van der Waals surface area contributed by atoms with Crippen molar-refractivity contribution >= 4 is 28.8 Å². The highest BCUT2D eigenvalue weighted by Gasteiger charge is 2.37. The second kappa shape index (κ2) is 6.93. The highest BCUT2D eigenvalue weighted by atomic mass is 32.2. The second-order valence-corrected chi connectivity index (χ2v) is 6.60. The summed E-state index contributed by atoms with van der Waals surface area (Å²) in [6, 6.07) is -0.736. The summed E-state index contributed by atoms with van der Waals surface area (Å²) in [6.07, 6.45) is 0.815. The van der Waals surface area contributed by atoms with E-state index in [4.69, 9.17) is 0 Å². The highest BCUT2D eigenvalue weighted by Crippen LogP contribution is 2.26. The van der Waals surface area contributed by atoms with E-state index in [0.717, 1.165) is 0 Å². The molecule has 108 valence electrons. The fraction of sp³-hybridized carbons (Fsp3) is 0.769. The SMILES string of the molecule is CC(=O)SCC1CC(=O)N([C@@H](CC(C)C)C(=O)O)C1. The number of carbonyl (C=O) groups is 3. The molecule has 1 fully saturated rings. The van der Waals surface area contributed by atoms with E-state index in [9.17, 15) is 19.5 Å². The van der Waals surface area contributed by atoms with Gasteiger partial charge in [-0.1, -0.05) is 25.6 Å². The van der Waals surface area contributed by atoms with Gasteiger partial charge in [0.05, 0.1) is 0 Å². The van der Waals surface area contributed by atoms with E-state index in [1.165, 1.54) is 23.6 Å². The van der Waals surface area contributed by atoms with E-state index < -0.39 is 12.0 Å². The Morgan fingerprint density at radius 2 is 2.11 bits per heavy atom. The van der Waals surface area contributed by atoms with Crippen molar-refractivity contribution in [2.45, 2.75) is 39.7 Å². The van der Waals surface area contributed by atoms with Crippen LogP contribution < -0.4 is 0 Å². The van der Waals surface area contributed by atoms with Crippen LogP contribution in [-0.4, -0.2) is 45.3 Å². The van der Waals surface area contributed by atoms with Gasteiger partial charge in [-0.15, -0.1) is 0 Å². The molecule has 1 aliphatic heterocycles. The number of carboxylic acids is 1.